The van der Waals surface area contributed by atoms with Gasteiger partial charge in [-0.3, -0.25) is 0 Å². The van der Waals surface area contributed by atoms with E-state index in [2.05, 4.69) is 0 Å². The highest BCUT2D eigenvalue weighted by molar-refractivity contribution is 6.32. The van der Waals surface area contributed by atoms with Gasteiger partial charge < -0.3 is 0 Å². The molecule has 0 N–H and O–H groups in total. The van der Waals surface area contributed by atoms with E-state index in [9.17, 15) is 8.78 Å². The van der Waals surface area contributed by atoms with Crippen LogP contribution in [0.2, 0.25) is 5.02 Å². The second-order valence-corrected chi connectivity index (χ2v) is 2.92. The second kappa shape index (κ2) is 3.61. The quantitative estimate of drug-likeness (QED) is 0.621. The topological polar surface area (TPSA) is 47.6 Å². The van der Waals surface area contributed by atoms with Crippen LogP contribution in [0.25, 0.3) is 0 Å². The highest BCUT2D eigenvalue weighted by atomic mass is 35.5. The molecule has 0 aromatic heterocycles. The van der Waals surface area contributed by atoms with E-state index in [0.717, 1.165) is 6.92 Å². The van der Waals surface area contributed by atoms with Gasteiger partial charge in [0.1, 0.15) is 29.3 Å². The summed E-state index contributed by atoms with van der Waals surface area (Å²) >= 11 is 5.44. The first kappa shape index (κ1) is 10.4. The first-order chi connectivity index (χ1) is 6.54. The van der Waals surface area contributed by atoms with Crippen LogP contribution in [-0.4, -0.2) is 0 Å². The van der Waals surface area contributed by atoms with E-state index in [-0.39, 0.29) is 5.56 Å². The van der Waals surface area contributed by atoms with E-state index in [1.165, 1.54) is 12.1 Å². The van der Waals surface area contributed by atoms with Gasteiger partial charge in [-0.25, -0.2) is 8.78 Å². The Hall–Kier alpha value is -1.65. The third-order valence-electron chi connectivity index (χ3n) is 1.76. The molecule has 0 aliphatic carbocycles. The van der Waals surface area contributed by atoms with E-state index in [0.29, 0.717) is 0 Å². The van der Waals surface area contributed by atoms with Crippen LogP contribution in [-0.2, 0) is 0 Å². The van der Waals surface area contributed by atoms with Crippen molar-refractivity contribution >= 4 is 11.6 Å². The van der Waals surface area contributed by atoms with Crippen molar-refractivity contribution in [2.45, 2.75) is 6.92 Å². The molecular formula is C9H3ClF2N2. The molecule has 1 aromatic rings. The molecule has 0 amide bonds. The maximum Gasteiger partial charge on any atom is 0.149 e. The summed E-state index contributed by atoms with van der Waals surface area (Å²) in [5, 5.41) is 16.6. The highest BCUT2D eigenvalue weighted by Gasteiger charge is 2.20. The predicted molar refractivity (Wildman–Crippen MR) is 45.5 cm³/mol. The molecular weight excluding hydrogens is 210 g/mol. The minimum Gasteiger partial charge on any atom is -0.205 e. The van der Waals surface area contributed by atoms with E-state index in [4.69, 9.17) is 22.1 Å². The van der Waals surface area contributed by atoms with Gasteiger partial charge in [0.05, 0.1) is 10.6 Å². The molecule has 0 unspecified atom stereocenters. The minimum absolute atomic E-state index is 0.356. The Morgan fingerprint density at radius 1 is 1.07 bits per heavy atom. The van der Waals surface area contributed by atoms with Crippen molar-refractivity contribution in [3.05, 3.63) is 33.3 Å². The maximum atomic E-state index is 13.2. The van der Waals surface area contributed by atoms with Crippen LogP contribution < -0.4 is 0 Å². The van der Waals surface area contributed by atoms with Gasteiger partial charge in [-0.05, 0) is 6.92 Å². The summed E-state index contributed by atoms with van der Waals surface area (Å²) in [7, 11) is 0. The summed E-state index contributed by atoms with van der Waals surface area (Å²) < 4.78 is 26.3. The van der Waals surface area contributed by atoms with Gasteiger partial charge in [-0.15, -0.1) is 0 Å². The monoisotopic (exact) mass is 212 g/mol. The molecule has 1 aromatic carbocycles. The fourth-order valence-corrected chi connectivity index (χ4v) is 1.27. The van der Waals surface area contributed by atoms with Gasteiger partial charge in [-0.2, -0.15) is 10.5 Å². The summed E-state index contributed by atoms with van der Waals surface area (Å²) in [5.74, 6) is -2.04. The Kier molecular flexibility index (Phi) is 2.69. The molecule has 0 spiro atoms. The van der Waals surface area contributed by atoms with Gasteiger partial charge in [0.25, 0.3) is 0 Å². The van der Waals surface area contributed by atoms with E-state index >= 15 is 0 Å². The van der Waals surface area contributed by atoms with Crippen LogP contribution in [0.15, 0.2) is 0 Å². The van der Waals surface area contributed by atoms with Crippen molar-refractivity contribution in [3.63, 3.8) is 0 Å². The fraction of sp³-hybridized carbons (Fsp3) is 0.111. The van der Waals surface area contributed by atoms with Crippen molar-refractivity contribution in [2.24, 2.45) is 0 Å². The number of nitrogens with zero attached hydrogens (tertiary/aromatic N) is 2. The maximum absolute atomic E-state index is 13.2. The Balaban J connectivity index is 3.79. The zero-order valence-corrected chi connectivity index (χ0v) is 7.78. The average molecular weight is 213 g/mol. The third kappa shape index (κ3) is 1.30. The Labute approximate surface area is 83.9 Å². The molecule has 1 rings (SSSR count). The SMILES string of the molecule is Cc1c(F)c(Cl)c(C#N)c(C#N)c1F. The predicted octanol–water partition coefficient (Wildman–Crippen LogP) is 2.67. The Bertz CT molecular complexity index is 438. The summed E-state index contributed by atoms with van der Waals surface area (Å²) in [6.45, 7) is 1.15. The molecule has 14 heavy (non-hydrogen) atoms. The highest BCUT2D eigenvalue weighted by Crippen LogP contribution is 2.28. The second-order valence-electron chi connectivity index (χ2n) is 2.54. The van der Waals surface area contributed by atoms with Gasteiger partial charge >= 0.3 is 0 Å². The number of nitriles is 2. The standard InChI is InChI=1S/C9H3ClF2N2/c1-4-8(11)6(3-14)5(2-13)7(10)9(4)12/h1H3. The molecule has 2 nitrogen and oxygen atoms in total. The summed E-state index contributed by atoms with van der Waals surface area (Å²) in [6, 6.07) is 2.96. The summed E-state index contributed by atoms with van der Waals surface area (Å²) in [4.78, 5) is 0. The summed E-state index contributed by atoms with van der Waals surface area (Å²) in [5.41, 5.74) is -1.34. The van der Waals surface area contributed by atoms with Crippen molar-refractivity contribution < 1.29 is 8.78 Å². The molecule has 0 saturated heterocycles. The minimum atomic E-state index is -1.04. The van der Waals surface area contributed by atoms with E-state index in [1.807, 2.05) is 0 Å². The lowest BCUT2D eigenvalue weighted by Gasteiger charge is -2.05. The largest absolute Gasteiger partial charge is 0.205 e. The Morgan fingerprint density at radius 3 is 2.00 bits per heavy atom. The number of halogens is 3. The first-order valence-corrected chi connectivity index (χ1v) is 3.89. The molecule has 0 aliphatic rings. The van der Waals surface area contributed by atoms with Crippen molar-refractivity contribution in [3.8, 4) is 12.1 Å². The van der Waals surface area contributed by atoms with Crippen molar-refractivity contribution in [1.29, 1.82) is 10.5 Å². The van der Waals surface area contributed by atoms with E-state index < -0.39 is 27.8 Å². The van der Waals surface area contributed by atoms with Gasteiger partial charge in [-0.1, -0.05) is 11.6 Å². The molecule has 0 radical (unpaired) electrons. The van der Waals surface area contributed by atoms with Gasteiger partial charge in [0, 0.05) is 5.56 Å². The smallest absolute Gasteiger partial charge is 0.149 e. The van der Waals surface area contributed by atoms with Crippen LogP contribution in [0, 0.1) is 41.2 Å². The summed E-state index contributed by atoms with van der Waals surface area (Å²) in [6.07, 6.45) is 0. The lowest BCUT2D eigenvalue weighted by molar-refractivity contribution is 0.565. The molecule has 0 saturated carbocycles. The zero-order valence-electron chi connectivity index (χ0n) is 7.03. The average Bonchev–Trinajstić information content (AvgIpc) is 2.20. The van der Waals surface area contributed by atoms with Crippen LogP contribution in [0.5, 0.6) is 0 Å². The number of hydrogen-bond donors (Lipinski definition) is 0. The first-order valence-electron chi connectivity index (χ1n) is 3.51. The molecule has 70 valence electrons. The number of hydrogen-bond acceptors (Lipinski definition) is 2. The number of benzene rings is 1. The van der Waals surface area contributed by atoms with Crippen LogP contribution in [0.4, 0.5) is 8.78 Å². The van der Waals surface area contributed by atoms with Crippen LogP contribution in [0.3, 0.4) is 0 Å². The fourth-order valence-electron chi connectivity index (χ4n) is 0.988. The lowest BCUT2D eigenvalue weighted by Crippen LogP contribution is -1.99. The molecule has 0 aliphatic heterocycles. The van der Waals surface area contributed by atoms with Gasteiger partial charge in [0.2, 0.25) is 0 Å². The van der Waals surface area contributed by atoms with Gasteiger partial charge in [0.15, 0.2) is 0 Å². The van der Waals surface area contributed by atoms with Crippen molar-refractivity contribution in [2.75, 3.05) is 0 Å². The molecule has 0 atom stereocenters. The molecule has 0 bridgehead atoms. The Morgan fingerprint density at radius 2 is 1.57 bits per heavy atom. The number of rotatable bonds is 0. The molecule has 0 heterocycles. The normalized spacial score (nSPS) is 9.29. The molecule has 5 heteroatoms. The molecule has 0 fully saturated rings. The van der Waals surface area contributed by atoms with Crippen molar-refractivity contribution in [1.82, 2.24) is 0 Å². The lowest BCUT2D eigenvalue weighted by atomic mass is 10.0. The third-order valence-corrected chi connectivity index (χ3v) is 2.12. The van der Waals surface area contributed by atoms with Crippen LogP contribution in [0.1, 0.15) is 16.7 Å². The van der Waals surface area contributed by atoms with Crippen LogP contribution >= 0.6 is 11.6 Å². The zero-order chi connectivity index (χ0) is 10.9. The van der Waals surface area contributed by atoms with E-state index in [1.54, 1.807) is 0 Å².